The van der Waals surface area contributed by atoms with Crippen molar-refractivity contribution >= 4 is 11.8 Å². The van der Waals surface area contributed by atoms with E-state index in [1.54, 1.807) is 19.0 Å². The minimum atomic E-state index is 0.0652. The second kappa shape index (κ2) is 8.56. The highest BCUT2D eigenvalue weighted by molar-refractivity contribution is 5.79. The van der Waals surface area contributed by atoms with Crippen LogP contribution >= 0.6 is 0 Å². The monoisotopic (exact) mass is 318 g/mol. The van der Waals surface area contributed by atoms with Crippen LogP contribution in [-0.4, -0.2) is 55.4 Å². The molecule has 23 heavy (non-hydrogen) atoms. The van der Waals surface area contributed by atoms with Gasteiger partial charge in [0.05, 0.1) is 6.61 Å². The summed E-state index contributed by atoms with van der Waals surface area (Å²) in [5.41, 5.74) is 0. The van der Waals surface area contributed by atoms with E-state index in [9.17, 15) is 9.59 Å². The lowest BCUT2D eigenvalue weighted by Gasteiger charge is -2.32. The summed E-state index contributed by atoms with van der Waals surface area (Å²) >= 11 is 0. The highest BCUT2D eigenvalue weighted by Gasteiger charge is 2.27. The molecule has 0 atom stereocenters. The number of hydrogen-bond donors (Lipinski definition) is 0. The van der Waals surface area contributed by atoms with E-state index < -0.39 is 0 Å². The summed E-state index contributed by atoms with van der Waals surface area (Å²) < 4.78 is 5.60. The van der Waals surface area contributed by atoms with Crippen LogP contribution in [0.15, 0.2) is 30.3 Å². The second-order valence-electron chi connectivity index (χ2n) is 6.15. The SMILES string of the molecule is CN(C)C(=O)C1CCN(C(=O)CCCOc2ccccc2)CC1. The van der Waals surface area contributed by atoms with Crippen LogP contribution in [0.3, 0.4) is 0 Å². The van der Waals surface area contributed by atoms with Crippen molar-refractivity contribution in [1.82, 2.24) is 9.80 Å². The number of amides is 2. The number of ether oxygens (including phenoxy) is 1. The molecule has 1 aliphatic heterocycles. The maximum absolute atomic E-state index is 12.2. The summed E-state index contributed by atoms with van der Waals surface area (Å²) in [5.74, 6) is 1.24. The van der Waals surface area contributed by atoms with Gasteiger partial charge in [-0.15, -0.1) is 0 Å². The van der Waals surface area contributed by atoms with E-state index in [0.717, 1.165) is 18.6 Å². The predicted molar refractivity (Wildman–Crippen MR) is 89.2 cm³/mol. The van der Waals surface area contributed by atoms with Gasteiger partial charge in [-0.1, -0.05) is 18.2 Å². The number of piperidine rings is 1. The molecule has 126 valence electrons. The number of benzene rings is 1. The van der Waals surface area contributed by atoms with E-state index in [4.69, 9.17) is 4.74 Å². The highest BCUT2D eigenvalue weighted by Crippen LogP contribution is 2.19. The fraction of sp³-hybridized carbons (Fsp3) is 0.556. The molecule has 1 saturated heterocycles. The molecule has 0 saturated carbocycles. The summed E-state index contributed by atoms with van der Waals surface area (Å²) in [7, 11) is 3.57. The standard InChI is InChI=1S/C18H26N2O3/c1-19(2)18(22)15-10-12-20(13-11-15)17(21)9-6-14-23-16-7-4-3-5-8-16/h3-5,7-8,15H,6,9-14H2,1-2H3. The zero-order chi connectivity index (χ0) is 16.7. The third kappa shape index (κ3) is 5.27. The third-order valence-corrected chi connectivity index (χ3v) is 4.18. The van der Waals surface area contributed by atoms with Crippen LogP contribution in [0.4, 0.5) is 0 Å². The highest BCUT2D eigenvalue weighted by atomic mass is 16.5. The molecule has 0 bridgehead atoms. The molecular formula is C18H26N2O3. The van der Waals surface area contributed by atoms with Crippen molar-refractivity contribution in [3.8, 4) is 5.75 Å². The number of nitrogens with zero attached hydrogens (tertiary/aromatic N) is 2. The van der Waals surface area contributed by atoms with Crippen molar-refractivity contribution in [1.29, 1.82) is 0 Å². The van der Waals surface area contributed by atoms with E-state index in [1.165, 1.54) is 0 Å². The van der Waals surface area contributed by atoms with Gasteiger partial charge in [0.15, 0.2) is 0 Å². The van der Waals surface area contributed by atoms with Crippen molar-refractivity contribution < 1.29 is 14.3 Å². The quantitative estimate of drug-likeness (QED) is 0.755. The van der Waals surface area contributed by atoms with Gasteiger partial charge in [-0.3, -0.25) is 9.59 Å². The van der Waals surface area contributed by atoms with Gasteiger partial charge in [-0.2, -0.15) is 0 Å². The van der Waals surface area contributed by atoms with Crippen LogP contribution in [0.5, 0.6) is 5.75 Å². The van der Waals surface area contributed by atoms with Gasteiger partial charge in [0.25, 0.3) is 0 Å². The smallest absolute Gasteiger partial charge is 0.225 e. The first-order valence-electron chi connectivity index (χ1n) is 8.24. The molecule has 1 fully saturated rings. The Morgan fingerprint density at radius 1 is 1.17 bits per heavy atom. The topological polar surface area (TPSA) is 49.9 Å². The van der Waals surface area contributed by atoms with Gasteiger partial charge in [0.1, 0.15) is 5.75 Å². The summed E-state index contributed by atoms with van der Waals surface area (Å²) in [4.78, 5) is 27.6. The van der Waals surface area contributed by atoms with Crippen LogP contribution in [-0.2, 0) is 9.59 Å². The Morgan fingerprint density at radius 2 is 1.83 bits per heavy atom. The molecule has 1 aliphatic rings. The summed E-state index contributed by atoms with van der Waals surface area (Å²) in [6, 6.07) is 9.63. The van der Waals surface area contributed by atoms with Crippen molar-refractivity contribution in [3.63, 3.8) is 0 Å². The van der Waals surface area contributed by atoms with Crippen molar-refractivity contribution in [2.75, 3.05) is 33.8 Å². The molecule has 0 N–H and O–H groups in total. The summed E-state index contributed by atoms with van der Waals surface area (Å²) in [6.45, 7) is 1.91. The predicted octanol–water partition coefficient (Wildman–Crippen LogP) is 2.17. The van der Waals surface area contributed by atoms with Gasteiger partial charge < -0.3 is 14.5 Å². The number of hydrogen-bond acceptors (Lipinski definition) is 3. The van der Waals surface area contributed by atoms with Crippen molar-refractivity contribution in [2.45, 2.75) is 25.7 Å². The van der Waals surface area contributed by atoms with Gasteiger partial charge in [-0.25, -0.2) is 0 Å². The first kappa shape index (κ1) is 17.3. The molecule has 2 amide bonds. The molecule has 1 aromatic rings. The van der Waals surface area contributed by atoms with Crippen LogP contribution < -0.4 is 4.74 Å². The number of likely N-dealkylation sites (tertiary alicyclic amines) is 1. The first-order valence-corrected chi connectivity index (χ1v) is 8.24. The maximum Gasteiger partial charge on any atom is 0.225 e. The lowest BCUT2D eigenvalue weighted by Crippen LogP contribution is -2.42. The molecule has 1 heterocycles. The van der Waals surface area contributed by atoms with Crippen molar-refractivity contribution in [3.05, 3.63) is 30.3 Å². The molecule has 0 spiro atoms. The number of para-hydroxylation sites is 1. The van der Waals surface area contributed by atoms with Gasteiger partial charge in [-0.05, 0) is 31.4 Å². The minimum absolute atomic E-state index is 0.0652. The third-order valence-electron chi connectivity index (χ3n) is 4.18. The van der Waals surface area contributed by atoms with Crippen molar-refractivity contribution in [2.24, 2.45) is 5.92 Å². The first-order chi connectivity index (χ1) is 11.1. The maximum atomic E-state index is 12.2. The zero-order valence-electron chi connectivity index (χ0n) is 14.0. The molecule has 0 aliphatic carbocycles. The lowest BCUT2D eigenvalue weighted by molar-refractivity contribution is -0.139. The van der Waals surface area contributed by atoms with E-state index in [-0.39, 0.29) is 17.7 Å². The number of rotatable bonds is 6. The molecule has 5 heteroatoms. The van der Waals surface area contributed by atoms with E-state index in [0.29, 0.717) is 32.5 Å². The molecule has 2 rings (SSSR count). The average molecular weight is 318 g/mol. The Bertz CT molecular complexity index is 508. The molecule has 0 aromatic heterocycles. The van der Waals surface area contributed by atoms with Crippen LogP contribution in [0.2, 0.25) is 0 Å². The molecule has 0 radical (unpaired) electrons. The fourth-order valence-corrected chi connectivity index (χ4v) is 2.83. The Balaban J connectivity index is 1.64. The zero-order valence-corrected chi connectivity index (χ0v) is 14.0. The molecule has 5 nitrogen and oxygen atoms in total. The minimum Gasteiger partial charge on any atom is -0.494 e. The summed E-state index contributed by atoms with van der Waals surface area (Å²) in [6.07, 6.45) is 2.75. The molecule has 0 unspecified atom stereocenters. The Labute approximate surface area is 138 Å². The Kier molecular flexibility index (Phi) is 6.44. The van der Waals surface area contributed by atoms with Gasteiger partial charge in [0, 0.05) is 39.5 Å². The second-order valence-corrected chi connectivity index (χ2v) is 6.15. The lowest BCUT2D eigenvalue weighted by atomic mass is 9.95. The van der Waals surface area contributed by atoms with E-state index >= 15 is 0 Å². The van der Waals surface area contributed by atoms with Gasteiger partial charge >= 0.3 is 0 Å². The fourth-order valence-electron chi connectivity index (χ4n) is 2.83. The normalized spacial score (nSPS) is 15.3. The molecular weight excluding hydrogens is 292 g/mol. The van der Waals surface area contributed by atoms with Crippen LogP contribution in [0.25, 0.3) is 0 Å². The number of carbonyl (C=O) groups excluding carboxylic acids is 2. The van der Waals surface area contributed by atoms with E-state index in [1.807, 2.05) is 35.2 Å². The van der Waals surface area contributed by atoms with E-state index in [2.05, 4.69) is 0 Å². The summed E-state index contributed by atoms with van der Waals surface area (Å²) in [5, 5.41) is 0. The number of carbonyl (C=O) groups is 2. The average Bonchev–Trinajstić information content (AvgIpc) is 2.59. The Morgan fingerprint density at radius 3 is 2.43 bits per heavy atom. The largest absolute Gasteiger partial charge is 0.494 e. The van der Waals surface area contributed by atoms with Gasteiger partial charge in [0.2, 0.25) is 11.8 Å². The Hall–Kier alpha value is -2.04. The van der Waals surface area contributed by atoms with Crippen LogP contribution in [0, 0.1) is 5.92 Å². The molecule has 1 aromatic carbocycles. The van der Waals surface area contributed by atoms with Crippen LogP contribution in [0.1, 0.15) is 25.7 Å².